The zero-order valence-corrected chi connectivity index (χ0v) is 12.8. The molecule has 0 saturated carbocycles. The van der Waals surface area contributed by atoms with E-state index in [9.17, 15) is 14.7 Å². The Hall–Kier alpha value is -1.86. The first-order valence-corrected chi connectivity index (χ1v) is 7.48. The van der Waals surface area contributed by atoms with Crippen molar-refractivity contribution in [2.75, 3.05) is 46.4 Å². The molecule has 1 atom stereocenters. The van der Waals surface area contributed by atoms with Gasteiger partial charge in [-0.25, -0.2) is 0 Å². The molecule has 122 valence electrons. The number of carbonyl (C=O) groups is 2. The number of carboxylic acid groups (broad SMARTS) is 1. The topological polar surface area (TPSA) is 85.9 Å². The largest absolute Gasteiger partial charge is 0.481 e. The van der Waals surface area contributed by atoms with E-state index in [2.05, 4.69) is 9.88 Å². The fraction of sp³-hybridized carbons (Fsp3) is 0.600. The van der Waals surface area contributed by atoms with Crippen LogP contribution in [0.4, 0.5) is 0 Å². The Kier molecular flexibility index (Phi) is 5.97. The van der Waals surface area contributed by atoms with Crippen molar-refractivity contribution in [1.82, 2.24) is 14.8 Å². The Labute approximate surface area is 129 Å². The number of H-pyrrole nitrogens is 1. The van der Waals surface area contributed by atoms with Crippen LogP contribution in [0.1, 0.15) is 16.9 Å². The fourth-order valence-electron chi connectivity index (χ4n) is 2.69. The average Bonchev–Trinajstić information content (AvgIpc) is 2.94. The highest BCUT2D eigenvalue weighted by Gasteiger charge is 2.30. The number of aromatic amines is 1. The summed E-state index contributed by atoms with van der Waals surface area (Å²) < 4.78 is 5.04. The summed E-state index contributed by atoms with van der Waals surface area (Å²) in [7, 11) is 1.65. The smallest absolute Gasteiger partial charge is 0.309 e. The Bertz CT molecular complexity index is 489. The van der Waals surface area contributed by atoms with Gasteiger partial charge in [-0.15, -0.1) is 0 Å². The first-order valence-electron chi connectivity index (χ1n) is 7.48. The van der Waals surface area contributed by atoms with E-state index in [1.165, 1.54) is 0 Å². The van der Waals surface area contributed by atoms with E-state index in [0.29, 0.717) is 31.9 Å². The van der Waals surface area contributed by atoms with E-state index in [1.54, 1.807) is 30.3 Å². The van der Waals surface area contributed by atoms with E-state index in [1.807, 2.05) is 0 Å². The van der Waals surface area contributed by atoms with Crippen LogP contribution in [-0.4, -0.2) is 78.2 Å². The summed E-state index contributed by atoms with van der Waals surface area (Å²) in [5.41, 5.74) is 0.497. The molecule has 1 aromatic heterocycles. The predicted octanol–water partition coefficient (Wildman–Crippen LogP) is 0.510. The number of methoxy groups -OCH3 is 1. The lowest BCUT2D eigenvalue weighted by Gasteiger charge is -2.21. The van der Waals surface area contributed by atoms with Crippen molar-refractivity contribution < 1.29 is 19.4 Å². The predicted molar refractivity (Wildman–Crippen MR) is 80.8 cm³/mol. The number of rotatable bonds is 6. The molecular formula is C15H23N3O4. The van der Waals surface area contributed by atoms with E-state index < -0.39 is 11.9 Å². The van der Waals surface area contributed by atoms with Gasteiger partial charge in [0.05, 0.1) is 5.92 Å². The molecule has 0 aliphatic carbocycles. The van der Waals surface area contributed by atoms with Crippen LogP contribution in [0.25, 0.3) is 0 Å². The number of carboxylic acids is 1. The third kappa shape index (κ3) is 4.32. The second kappa shape index (κ2) is 7.95. The average molecular weight is 309 g/mol. The minimum absolute atomic E-state index is 0.144. The van der Waals surface area contributed by atoms with E-state index in [-0.39, 0.29) is 12.5 Å². The molecule has 0 bridgehead atoms. The van der Waals surface area contributed by atoms with E-state index in [4.69, 9.17) is 4.74 Å². The van der Waals surface area contributed by atoms with E-state index in [0.717, 1.165) is 13.0 Å². The lowest BCUT2D eigenvalue weighted by molar-refractivity contribution is -0.142. The first-order chi connectivity index (χ1) is 10.6. The number of aromatic nitrogens is 1. The number of nitrogens with one attached hydrogen (secondary N) is 1. The minimum Gasteiger partial charge on any atom is -0.481 e. The summed E-state index contributed by atoms with van der Waals surface area (Å²) in [4.78, 5) is 30.5. The van der Waals surface area contributed by atoms with Crippen molar-refractivity contribution in [2.45, 2.75) is 6.42 Å². The molecule has 2 rings (SSSR count). The van der Waals surface area contributed by atoms with Crippen molar-refractivity contribution in [3.05, 3.63) is 24.0 Å². The first kappa shape index (κ1) is 16.5. The van der Waals surface area contributed by atoms with Crippen LogP contribution >= 0.6 is 0 Å². The molecule has 7 heteroatoms. The maximum Gasteiger partial charge on any atom is 0.309 e. The number of hydrogen-bond donors (Lipinski definition) is 2. The third-order valence-corrected chi connectivity index (χ3v) is 3.89. The van der Waals surface area contributed by atoms with Crippen LogP contribution in [0.15, 0.2) is 18.3 Å². The lowest BCUT2D eigenvalue weighted by Crippen LogP contribution is -2.38. The quantitative estimate of drug-likeness (QED) is 0.748. The van der Waals surface area contributed by atoms with Gasteiger partial charge in [-0.1, -0.05) is 0 Å². The van der Waals surface area contributed by atoms with Gasteiger partial charge in [0.1, 0.15) is 5.69 Å². The highest BCUT2D eigenvalue weighted by molar-refractivity contribution is 5.92. The van der Waals surface area contributed by atoms with Crippen LogP contribution in [0, 0.1) is 5.92 Å². The summed E-state index contributed by atoms with van der Waals surface area (Å²) in [6.07, 6.45) is 2.55. The van der Waals surface area contributed by atoms with Gasteiger partial charge in [-0.3, -0.25) is 9.59 Å². The second-order valence-corrected chi connectivity index (χ2v) is 5.52. The van der Waals surface area contributed by atoms with Gasteiger partial charge in [-0.05, 0) is 18.6 Å². The molecule has 1 aromatic rings. The molecule has 0 unspecified atom stereocenters. The molecule has 1 amide bonds. The third-order valence-electron chi connectivity index (χ3n) is 3.89. The number of hydrogen-bond acceptors (Lipinski definition) is 4. The van der Waals surface area contributed by atoms with Gasteiger partial charge in [0.15, 0.2) is 0 Å². The number of ether oxygens (including phenoxy) is 1. The van der Waals surface area contributed by atoms with Crippen LogP contribution < -0.4 is 0 Å². The van der Waals surface area contributed by atoms with Crippen LogP contribution in [0.2, 0.25) is 0 Å². The fourth-order valence-corrected chi connectivity index (χ4v) is 2.69. The van der Waals surface area contributed by atoms with Gasteiger partial charge >= 0.3 is 5.97 Å². The zero-order chi connectivity index (χ0) is 15.9. The van der Waals surface area contributed by atoms with Crippen LogP contribution in [-0.2, 0) is 9.53 Å². The highest BCUT2D eigenvalue weighted by atomic mass is 16.5. The van der Waals surface area contributed by atoms with Crippen LogP contribution in [0.3, 0.4) is 0 Å². The van der Waals surface area contributed by atoms with Gasteiger partial charge in [0.25, 0.3) is 5.91 Å². The van der Waals surface area contributed by atoms with Gasteiger partial charge in [-0.2, -0.15) is 0 Å². The summed E-state index contributed by atoms with van der Waals surface area (Å²) in [5.74, 6) is -1.57. The van der Waals surface area contributed by atoms with Crippen molar-refractivity contribution in [1.29, 1.82) is 0 Å². The molecule has 0 aromatic carbocycles. The Morgan fingerprint density at radius 3 is 2.86 bits per heavy atom. The second-order valence-electron chi connectivity index (χ2n) is 5.52. The monoisotopic (exact) mass is 309 g/mol. The maximum atomic E-state index is 12.4. The normalized spacial score (nSPS) is 19.9. The molecular weight excluding hydrogens is 286 g/mol. The van der Waals surface area contributed by atoms with Crippen molar-refractivity contribution in [3.63, 3.8) is 0 Å². The van der Waals surface area contributed by atoms with Crippen molar-refractivity contribution in [3.8, 4) is 0 Å². The number of nitrogens with zero attached hydrogens (tertiary/aromatic N) is 2. The van der Waals surface area contributed by atoms with Gasteiger partial charge in [0.2, 0.25) is 0 Å². The lowest BCUT2D eigenvalue weighted by atomic mass is 10.1. The van der Waals surface area contributed by atoms with Crippen LogP contribution in [0.5, 0.6) is 0 Å². The maximum absolute atomic E-state index is 12.4. The summed E-state index contributed by atoms with van der Waals surface area (Å²) in [5, 5.41) is 9.39. The van der Waals surface area contributed by atoms with Gasteiger partial charge in [0, 0.05) is 52.6 Å². The molecule has 2 N–H and O–H groups in total. The Morgan fingerprint density at radius 1 is 1.41 bits per heavy atom. The van der Waals surface area contributed by atoms with Crippen molar-refractivity contribution >= 4 is 11.9 Å². The Balaban J connectivity index is 2.01. The molecule has 1 fully saturated rings. The molecule has 0 radical (unpaired) electrons. The summed E-state index contributed by atoms with van der Waals surface area (Å²) in [6, 6.07) is 3.47. The summed E-state index contributed by atoms with van der Waals surface area (Å²) in [6.45, 7) is 3.36. The molecule has 22 heavy (non-hydrogen) atoms. The molecule has 1 aliphatic rings. The van der Waals surface area contributed by atoms with Crippen molar-refractivity contribution in [2.24, 2.45) is 5.92 Å². The van der Waals surface area contributed by atoms with Gasteiger partial charge < -0.3 is 24.6 Å². The zero-order valence-electron chi connectivity index (χ0n) is 12.8. The number of aliphatic carboxylic acids is 1. The summed E-state index contributed by atoms with van der Waals surface area (Å²) >= 11 is 0. The standard InChI is InChI=1S/C15H23N3O4/c1-22-9-3-6-17-7-8-18(11-12(10-17)15(20)21)14(19)13-4-2-5-16-13/h2,4-5,12,16H,3,6-11H2,1H3,(H,20,21)/t12-/m0/s1. The SMILES string of the molecule is COCCCN1CCN(C(=O)c2ccc[nH]2)C[C@@H](C(=O)O)C1. The van der Waals surface area contributed by atoms with E-state index >= 15 is 0 Å². The Morgan fingerprint density at radius 2 is 2.23 bits per heavy atom. The molecule has 0 spiro atoms. The highest BCUT2D eigenvalue weighted by Crippen LogP contribution is 2.13. The number of carbonyl (C=O) groups excluding carboxylic acids is 1. The molecule has 7 nitrogen and oxygen atoms in total. The molecule has 1 aliphatic heterocycles. The molecule has 2 heterocycles. The number of amides is 1. The minimum atomic E-state index is -0.858. The molecule has 1 saturated heterocycles.